The Balaban J connectivity index is 1.26. The molecule has 0 fully saturated rings. The maximum atomic E-state index is 6.88. The molecule has 12 aromatic rings. The standard InChI is InChI=1S/C48H28N2OS/c1-7-19-40-32(13-1)33-14-2-8-20-41(33)49(40)30-25-29(26-31(27-30)50-42-21-9-3-15-34(42)35-16-4-10-22-43(35)50)38-28-39-36-17-6-12-24-45(36)52-48(39)46-37-18-5-11-23-44(37)51-47(38)46/h1-28H. The van der Waals surface area contributed by atoms with Gasteiger partial charge in [-0.1, -0.05) is 109 Å². The highest BCUT2D eigenvalue weighted by Crippen LogP contribution is 2.47. The molecule has 0 aliphatic carbocycles. The first-order valence-electron chi connectivity index (χ1n) is 17.7. The van der Waals surface area contributed by atoms with Crippen LogP contribution in [0.5, 0.6) is 0 Å². The summed E-state index contributed by atoms with van der Waals surface area (Å²) in [6.07, 6.45) is 0. The fourth-order valence-corrected chi connectivity index (χ4v) is 9.93. The summed E-state index contributed by atoms with van der Waals surface area (Å²) >= 11 is 1.85. The Hall–Kier alpha value is -6.62. The highest BCUT2D eigenvalue weighted by atomic mass is 32.1. The molecular formula is C48H28N2OS. The number of para-hydroxylation sites is 5. The molecule has 242 valence electrons. The van der Waals surface area contributed by atoms with Crippen LogP contribution in [0.1, 0.15) is 0 Å². The van der Waals surface area contributed by atoms with Gasteiger partial charge in [0.2, 0.25) is 0 Å². The van der Waals surface area contributed by atoms with Crippen LogP contribution in [0.2, 0.25) is 0 Å². The van der Waals surface area contributed by atoms with Gasteiger partial charge >= 0.3 is 0 Å². The minimum Gasteiger partial charge on any atom is -0.455 e. The molecule has 4 aromatic heterocycles. The fourth-order valence-electron chi connectivity index (χ4n) is 8.69. The monoisotopic (exact) mass is 680 g/mol. The van der Waals surface area contributed by atoms with Gasteiger partial charge in [0.1, 0.15) is 11.2 Å². The molecule has 0 amide bonds. The average molecular weight is 681 g/mol. The van der Waals surface area contributed by atoms with Crippen molar-refractivity contribution in [3.05, 3.63) is 170 Å². The van der Waals surface area contributed by atoms with E-state index in [2.05, 4.69) is 179 Å². The van der Waals surface area contributed by atoms with E-state index in [-0.39, 0.29) is 0 Å². The zero-order valence-electron chi connectivity index (χ0n) is 27.9. The first-order chi connectivity index (χ1) is 25.8. The van der Waals surface area contributed by atoms with Gasteiger partial charge in [-0.15, -0.1) is 11.3 Å². The van der Waals surface area contributed by atoms with Crippen molar-refractivity contribution in [2.45, 2.75) is 0 Å². The third-order valence-electron chi connectivity index (χ3n) is 10.9. The second-order valence-electron chi connectivity index (χ2n) is 13.7. The van der Waals surface area contributed by atoms with Crippen LogP contribution in [0.3, 0.4) is 0 Å². The highest BCUT2D eigenvalue weighted by Gasteiger charge is 2.22. The summed E-state index contributed by atoms with van der Waals surface area (Å²) in [6.45, 7) is 0. The van der Waals surface area contributed by atoms with E-state index in [1.807, 2.05) is 11.3 Å². The van der Waals surface area contributed by atoms with Gasteiger partial charge < -0.3 is 13.6 Å². The summed E-state index contributed by atoms with van der Waals surface area (Å²) in [5, 5.41) is 9.84. The lowest BCUT2D eigenvalue weighted by molar-refractivity contribution is 0.670. The number of thiophene rings is 1. The molecule has 4 heterocycles. The van der Waals surface area contributed by atoms with Gasteiger partial charge in [0.25, 0.3) is 0 Å². The van der Waals surface area contributed by atoms with Gasteiger partial charge in [0.15, 0.2) is 0 Å². The number of furan rings is 1. The van der Waals surface area contributed by atoms with Gasteiger partial charge in [-0.25, -0.2) is 0 Å². The van der Waals surface area contributed by atoms with Crippen LogP contribution in [0, 0.1) is 0 Å². The molecule has 3 nitrogen and oxygen atoms in total. The Morgan fingerprint density at radius 1 is 0.404 bits per heavy atom. The van der Waals surface area contributed by atoms with Gasteiger partial charge in [-0.3, -0.25) is 0 Å². The maximum absolute atomic E-state index is 6.88. The van der Waals surface area contributed by atoms with Gasteiger partial charge in [-0.05, 0) is 66.2 Å². The molecule has 52 heavy (non-hydrogen) atoms. The Morgan fingerprint density at radius 2 is 0.865 bits per heavy atom. The Morgan fingerprint density at radius 3 is 1.42 bits per heavy atom. The number of fused-ring (bicyclic) bond motifs is 13. The van der Waals surface area contributed by atoms with E-state index in [4.69, 9.17) is 4.42 Å². The van der Waals surface area contributed by atoms with Crippen molar-refractivity contribution in [1.29, 1.82) is 0 Å². The lowest BCUT2D eigenvalue weighted by atomic mass is 9.98. The molecule has 0 unspecified atom stereocenters. The van der Waals surface area contributed by atoms with Crippen LogP contribution in [-0.2, 0) is 0 Å². The Kier molecular flexibility index (Phi) is 5.65. The smallest absolute Gasteiger partial charge is 0.144 e. The van der Waals surface area contributed by atoms with E-state index in [0.29, 0.717) is 0 Å². The normalized spacial score (nSPS) is 12.2. The topological polar surface area (TPSA) is 23.0 Å². The van der Waals surface area contributed by atoms with E-state index in [1.54, 1.807) is 0 Å². The van der Waals surface area contributed by atoms with Crippen molar-refractivity contribution in [2.75, 3.05) is 0 Å². The predicted molar refractivity (Wildman–Crippen MR) is 221 cm³/mol. The third-order valence-corrected chi connectivity index (χ3v) is 12.1. The molecule has 0 aliphatic rings. The van der Waals surface area contributed by atoms with Crippen LogP contribution in [0.4, 0.5) is 0 Å². The number of hydrogen-bond donors (Lipinski definition) is 0. The molecule has 4 heteroatoms. The van der Waals surface area contributed by atoms with E-state index < -0.39 is 0 Å². The molecule has 0 saturated heterocycles. The first kappa shape index (κ1) is 28.1. The quantitative estimate of drug-likeness (QED) is 0.182. The number of benzene rings is 8. The molecule has 0 bridgehead atoms. The first-order valence-corrected chi connectivity index (χ1v) is 18.5. The van der Waals surface area contributed by atoms with Crippen LogP contribution < -0.4 is 0 Å². The van der Waals surface area contributed by atoms with Gasteiger partial charge in [0, 0.05) is 69.4 Å². The van der Waals surface area contributed by atoms with Crippen molar-refractivity contribution < 1.29 is 4.42 Å². The molecule has 0 radical (unpaired) electrons. The van der Waals surface area contributed by atoms with E-state index in [1.165, 1.54) is 69.2 Å². The van der Waals surface area contributed by atoms with E-state index >= 15 is 0 Å². The third kappa shape index (κ3) is 3.79. The van der Waals surface area contributed by atoms with Crippen LogP contribution >= 0.6 is 11.3 Å². The zero-order chi connectivity index (χ0) is 33.9. The summed E-state index contributed by atoms with van der Waals surface area (Å²) in [6, 6.07) is 61.7. The Labute approximate surface area is 301 Å². The maximum Gasteiger partial charge on any atom is 0.144 e. The van der Waals surface area contributed by atoms with Crippen molar-refractivity contribution in [3.8, 4) is 22.5 Å². The van der Waals surface area contributed by atoms with Crippen LogP contribution in [0.25, 0.3) is 108 Å². The average Bonchev–Trinajstić information content (AvgIpc) is 3.95. The fraction of sp³-hybridized carbons (Fsp3) is 0. The van der Waals surface area contributed by atoms with E-state index in [9.17, 15) is 0 Å². The van der Waals surface area contributed by atoms with Crippen molar-refractivity contribution in [2.24, 2.45) is 0 Å². The second kappa shape index (κ2) is 10.5. The number of hydrogen-bond acceptors (Lipinski definition) is 2. The molecule has 0 spiro atoms. The van der Waals surface area contributed by atoms with Gasteiger partial charge in [0.05, 0.1) is 22.1 Å². The lowest BCUT2D eigenvalue weighted by Crippen LogP contribution is -2.00. The molecule has 8 aromatic carbocycles. The van der Waals surface area contributed by atoms with E-state index in [0.717, 1.165) is 39.1 Å². The van der Waals surface area contributed by atoms with Crippen molar-refractivity contribution >= 4 is 97.1 Å². The molecular weight excluding hydrogens is 653 g/mol. The summed E-state index contributed by atoms with van der Waals surface area (Å²) < 4.78 is 14.3. The number of aromatic nitrogens is 2. The summed E-state index contributed by atoms with van der Waals surface area (Å²) in [5.41, 5.74) is 11.0. The lowest BCUT2D eigenvalue weighted by Gasteiger charge is -2.16. The summed E-state index contributed by atoms with van der Waals surface area (Å²) in [4.78, 5) is 0. The molecule has 0 aliphatic heterocycles. The van der Waals surface area contributed by atoms with Crippen LogP contribution in [0.15, 0.2) is 174 Å². The molecule has 0 N–H and O–H groups in total. The van der Waals surface area contributed by atoms with Gasteiger partial charge in [-0.2, -0.15) is 0 Å². The number of nitrogens with zero attached hydrogens (tertiary/aromatic N) is 2. The SMILES string of the molecule is c1ccc2c(c1)oc1c(-c3cc(-n4c5ccccc5c5ccccc54)cc(-n4c5ccccc5c5ccccc54)c3)cc3c4ccccc4sc3c12. The molecule has 12 rings (SSSR count). The largest absolute Gasteiger partial charge is 0.455 e. The number of rotatable bonds is 3. The van der Waals surface area contributed by atoms with Crippen LogP contribution in [-0.4, -0.2) is 9.13 Å². The summed E-state index contributed by atoms with van der Waals surface area (Å²) in [5.74, 6) is 0. The Bertz CT molecular complexity index is 3190. The molecule has 0 atom stereocenters. The minimum atomic E-state index is 0.907. The van der Waals surface area contributed by atoms with Crippen molar-refractivity contribution in [3.63, 3.8) is 0 Å². The predicted octanol–water partition coefficient (Wildman–Crippen LogP) is 13.8. The zero-order valence-corrected chi connectivity index (χ0v) is 28.7. The highest BCUT2D eigenvalue weighted by molar-refractivity contribution is 7.26. The minimum absolute atomic E-state index is 0.907. The van der Waals surface area contributed by atoms with Crippen molar-refractivity contribution in [1.82, 2.24) is 9.13 Å². The second-order valence-corrected chi connectivity index (χ2v) is 14.7. The molecule has 0 saturated carbocycles. The summed E-state index contributed by atoms with van der Waals surface area (Å²) in [7, 11) is 0.